The Kier molecular flexibility index (Phi) is 7.42. The number of hydrogen-bond donors (Lipinski definition) is 11. The van der Waals surface area contributed by atoms with Crippen LogP contribution < -0.4 is 38.9 Å². The molecule has 0 radical (unpaired) electrons. The van der Waals surface area contributed by atoms with Crippen LogP contribution in [0, 0.1) is 10.8 Å². The Morgan fingerprint density at radius 2 is 1.84 bits per heavy atom. The van der Waals surface area contributed by atoms with Gasteiger partial charge in [-0.25, -0.2) is 0 Å². The second-order valence-corrected chi connectivity index (χ2v) is 8.82. The second-order valence-electron chi connectivity index (χ2n) is 8.82. The van der Waals surface area contributed by atoms with E-state index >= 15 is 0 Å². The van der Waals surface area contributed by atoms with Crippen LogP contribution in [0.15, 0.2) is 0 Å². The summed E-state index contributed by atoms with van der Waals surface area (Å²) in [5, 5.41) is 43.8. The lowest BCUT2D eigenvalue weighted by Gasteiger charge is -2.43. The van der Waals surface area contributed by atoms with Crippen LogP contribution in [0.2, 0.25) is 0 Å². The van der Waals surface area contributed by atoms with Crippen LogP contribution in [0.25, 0.3) is 0 Å². The summed E-state index contributed by atoms with van der Waals surface area (Å²) in [6.45, 7) is 0.308. The van der Waals surface area contributed by atoms with Crippen molar-refractivity contribution in [3.05, 3.63) is 0 Å². The number of aliphatic hydroxyl groups excluding tert-OH is 1. The van der Waals surface area contributed by atoms with E-state index in [1.54, 1.807) is 0 Å². The van der Waals surface area contributed by atoms with E-state index in [9.17, 15) is 15.0 Å². The van der Waals surface area contributed by atoms with E-state index in [1.807, 2.05) is 0 Å². The van der Waals surface area contributed by atoms with Crippen LogP contribution in [0.4, 0.5) is 0 Å². The Labute approximate surface area is 185 Å². The predicted molar refractivity (Wildman–Crippen MR) is 114 cm³/mol. The number of ether oxygens (including phenoxy) is 2. The highest BCUT2D eigenvalue weighted by atomic mass is 16.7. The van der Waals surface area contributed by atoms with Crippen LogP contribution in [-0.2, 0) is 14.3 Å². The summed E-state index contributed by atoms with van der Waals surface area (Å²) in [7, 11) is 0. The highest BCUT2D eigenvalue weighted by Crippen LogP contribution is 2.36. The van der Waals surface area contributed by atoms with Gasteiger partial charge in [0, 0.05) is 25.0 Å². The number of nitrogens with one attached hydrogen (secondary N) is 5. The summed E-state index contributed by atoms with van der Waals surface area (Å²) in [5.41, 5.74) is 21.0. The molecular formula is C18H35N9O5. The van der Waals surface area contributed by atoms with Gasteiger partial charge in [0.15, 0.2) is 23.8 Å². The molecule has 0 aromatic carbocycles. The Morgan fingerprint density at radius 3 is 2.44 bits per heavy atom. The molecule has 32 heavy (non-hydrogen) atoms. The Balaban J connectivity index is 1.56. The topological polar surface area (TPSA) is 264 Å². The molecule has 14 nitrogen and oxygen atoms in total. The maximum absolute atomic E-state index is 12.5. The number of amides is 1. The van der Waals surface area contributed by atoms with Crippen molar-refractivity contribution in [3.8, 4) is 0 Å². The summed E-state index contributed by atoms with van der Waals surface area (Å²) >= 11 is 0. The molecule has 3 unspecified atom stereocenters. The molecule has 2 saturated carbocycles. The van der Waals surface area contributed by atoms with Crippen LogP contribution in [0.3, 0.4) is 0 Å². The molecule has 0 aromatic rings. The normalized spacial score (nSPS) is 41.4. The van der Waals surface area contributed by atoms with E-state index in [0.717, 1.165) is 0 Å². The van der Waals surface area contributed by atoms with E-state index in [1.165, 1.54) is 0 Å². The molecule has 1 heterocycles. The average Bonchev–Trinajstić information content (AvgIpc) is 3.35. The van der Waals surface area contributed by atoms with Crippen LogP contribution in [0.1, 0.15) is 32.1 Å². The van der Waals surface area contributed by atoms with Gasteiger partial charge in [0.2, 0.25) is 0 Å². The van der Waals surface area contributed by atoms with Gasteiger partial charge in [-0.1, -0.05) is 0 Å². The Hall–Kier alpha value is -2.23. The number of nitrogens with two attached hydrogens (primary N) is 4. The first-order valence-corrected chi connectivity index (χ1v) is 10.7. The zero-order valence-corrected chi connectivity index (χ0v) is 17.8. The third-order valence-corrected chi connectivity index (χ3v) is 6.22. The van der Waals surface area contributed by atoms with Gasteiger partial charge in [-0.3, -0.25) is 15.6 Å². The largest absolute Gasteiger partial charge is 0.390 e. The lowest BCUT2D eigenvalue weighted by molar-refractivity contribution is -0.245. The van der Waals surface area contributed by atoms with Gasteiger partial charge >= 0.3 is 0 Å². The molecule has 9 atom stereocenters. The summed E-state index contributed by atoms with van der Waals surface area (Å²) in [6, 6.07) is -2.10. The smallest absolute Gasteiger partial charge is 0.254 e. The SMILES string of the molecule is N=C(N)NC1CC1(O)C(=O)N[C@H]1C[C@@H](O)C(O[C@H]2O[C@H](CN)CC[C@H]2NC(=N)N)[C@@H](N)C1. The van der Waals surface area contributed by atoms with Crippen molar-refractivity contribution >= 4 is 17.8 Å². The molecule has 0 aromatic heterocycles. The number of carbonyl (C=O) groups excluding carboxylic acids is 1. The summed E-state index contributed by atoms with van der Waals surface area (Å²) in [5.74, 6) is -1.15. The molecule has 0 bridgehead atoms. The molecule has 3 aliphatic rings. The van der Waals surface area contributed by atoms with E-state index in [2.05, 4.69) is 16.0 Å². The minimum Gasteiger partial charge on any atom is -0.390 e. The van der Waals surface area contributed by atoms with Crippen molar-refractivity contribution in [1.82, 2.24) is 16.0 Å². The number of guanidine groups is 2. The molecule has 15 N–H and O–H groups in total. The molecule has 182 valence electrons. The van der Waals surface area contributed by atoms with Gasteiger partial charge in [0.25, 0.3) is 5.91 Å². The van der Waals surface area contributed by atoms with Gasteiger partial charge < -0.3 is 58.6 Å². The average molecular weight is 458 g/mol. The highest BCUT2D eigenvalue weighted by Gasteiger charge is 2.60. The number of aliphatic hydroxyl groups is 2. The molecule has 3 fully saturated rings. The third-order valence-electron chi connectivity index (χ3n) is 6.22. The first kappa shape index (κ1) is 24.4. The zero-order chi connectivity index (χ0) is 23.6. The predicted octanol–water partition coefficient (Wildman–Crippen LogP) is -4.36. The summed E-state index contributed by atoms with van der Waals surface area (Å²) in [6.07, 6.45) is -0.866. The quantitative estimate of drug-likeness (QED) is 0.128. The summed E-state index contributed by atoms with van der Waals surface area (Å²) < 4.78 is 11.9. The molecule has 1 saturated heterocycles. The van der Waals surface area contributed by atoms with E-state index < -0.39 is 48.1 Å². The lowest BCUT2D eigenvalue weighted by Crippen LogP contribution is -2.61. The lowest BCUT2D eigenvalue weighted by atomic mass is 9.86. The summed E-state index contributed by atoms with van der Waals surface area (Å²) in [4.78, 5) is 12.5. The van der Waals surface area contributed by atoms with Gasteiger partial charge in [-0.2, -0.15) is 0 Å². The minimum atomic E-state index is -1.65. The van der Waals surface area contributed by atoms with Gasteiger partial charge in [0.1, 0.15) is 6.10 Å². The van der Waals surface area contributed by atoms with Crippen molar-refractivity contribution in [2.24, 2.45) is 22.9 Å². The molecule has 1 amide bonds. The number of hydrogen-bond acceptors (Lipinski definition) is 9. The molecule has 3 rings (SSSR count). The molecule has 1 aliphatic heterocycles. The fraction of sp³-hybridized carbons (Fsp3) is 0.833. The van der Waals surface area contributed by atoms with Gasteiger partial charge in [-0.15, -0.1) is 0 Å². The molecule has 2 aliphatic carbocycles. The van der Waals surface area contributed by atoms with Gasteiger partial charge in [-0.05, 0) is 25.7 Å². The third kappa shape index (κ3) is 5.57. The van der Waals surface area contributed by atoms with Crippen LogP contribution in [0.5, 0.6) is 0 Å². The maximum atomic E-state index is 12.5. The Bertz CT molecular complexity index is 715. The van der Waals surface area contributed by atoms with E-state index in [-0.39, 0.29) is 36.9 Å². The van der Waals surface area contributed by atoms with E-state index in [4.69, 9.17) is 43.2 Å². The van der Waals surface area contributed by atoms with Crippen LogP contribution >= 0.6 is 0 Å². The van der Waals surface area contributed by atoms with Crippen molar-refractivity contribution in [2.75, 3.05) is 6.54 Å². The molecule has 14 heteroatoms. The van der Waals surface area contributed by atoms with Crippen molar-refractivity contribution in [2.45, 2.75) is 86.5 Å². The van der Waals surface area contributed by atoms with Crippen molar-refractivity contribution < 1.29 is 24.5 Å². The maximum Gasteiger partial charge on any atom is 0.254 e. The Morgan fingerprint density at radius 1 is 1.16 bits per heavy atom. The fourth-order valence-corrected chi connectivity index (χ4v) is 4.40. The van der Waals surface area contributed by atoms with E-state index in [0.29, 0.717) is 25.8 Å². The first-order valence-electron chi connectivity index (χ1n) is 10.7. The zero-order valence-electron chi connectivity index (χ0n) is 17.8. The van der Waals surface area contributed by atoms with Crippen molar-refractivity contribution in [3.63, 3.8) is 0 Å². The van der Waals surface area contributed by atoms with Crippen LogP contribution in [-0.4, -0.2) is 89.0 Å². The number of rotatable bonds is 7. The minimum absolute atomic E-state index is 0.136. The van der Waals surface area contributed by atoms with Gasteiger partial charge in [0.05, 0.1) is 24.3 Å². The number of carbonyl (C=O) groups is 1. The second kappa shape index (κ2) is 9.72. The standard InChI is InChI=1S/C18H35N9O5/c19-6-8-1-2-10(26-16(21)22)14(31-8)32-13-9(20)3-7(4-11(13)28)25-15(29)18(30)5-12(18)27-17(23)24/h7-14,28,30H,1-6,19-20H2,(H,25,29)(H4,21,22,26)(H4,23,24,27)/t7-,8+,9+,10-,11-,12?,13?,14-,18?/m1/s1. The monoisotopic (exact) mass is 457 g/mol. The fourth-order valence-electron chi connectivity index (χ4n) is 4.40. The van der Waals surface area contributed by atoms with Crippen molar-refractivity contribution in [1.29, 1.82) is 10.8 Å². The molecule has 0 spiro atoms. The highest BCUT2D eigenvalue weighted by molar-refractivity contribution is 5.91. The first-order chi connectivity index (χ1) is 15.0. The molecular weight excluding hydrogens is 422 g/mol.